The molecule has 6 rings (SSSR count). The number of carbonyl (C=O) groups is 3. The van der Waals surface area contributed by atoms with E-state index >= 15 is 0 Å². The fourth-order valence-electron chi connectivity index (χ4n) is 5.74. The summed E-state index contributed by atoms with van der Waals surface area (Å²) in [4.78, 5) is 41.0. The average molecular weight is 600 g/mol. The fourth-order valence-corrected chi connectivity index (χ4v) is 5.74. The van der Waals surface area contributed by atoms with Gasteiger partial charge >= 0.3 is 0 Å². The van der Waals surface area contributed by atoms with Crippen molar-refractivity contribution >= 4 is 23.4 Å². The molecule has 2 heterocycles. The molecule has 1 aromatic heterocycles. The van der Waals surface area contributed by atoms with Crippen molar-refractivity contribution in [3.8, 4) is 23.2 Å². The molecule has 1 aliphatic heterocycles. The van der Waals surface area contributed by atoms with Crippen molar-refractivity contribution in [2.45, 2.75) is 51.6 Å². The minimum Gasteiger partial charge on any atom is -0.353 e. The Morgan fingerprint density at radius 1 is 0.822 bits per heavy atom. The van der Waals surface area contributed by atoms with Crippen LogP contribution in [0.1, 0.15) is 53.8 Å². The molecule has 45 heavy (non-hydrogen) atoms. The van der Waals surface area contributed by atoms with Crippen LogP contribution >= 0.6 is 0 Å². The van der Waals surface area contributed by atoms with Crippen molar-refractivity contribution in [2.24, 2.45) is 5.92 Å². The van der Waals surface area contributed by atoms with Crippen LogP contribution in [0.2, 0.25) is 0 Å². The smallest absolute Gasteiger partial charge is 0.246 e. The predicted molar refractivity (Wildman–Crippen MR) is 168 cm³/mol. The number of rotatable bonds is 7. The Balaban J connectivity index is 0.977. The number of nitrogens with one attached hydrogen (secondary N) is 2. The number of hydrogen-bond acceptors (Lipinski definition) is 7. The molecular formula is C35H33N7O3. The second kappa shape index (κ2) is 13.5. The topological polar surface area (TPSA) is 130 Å². The Morgan fingerprint density at radius 3 is 2.24 bits per heavy atom. The lowest BCUT2D eigenvalue weighted by Gasteiger charge is -2.29. The highest BCUT2D eigenvalue weighted by Crippen LogP contribution is 2.27. The zero-order valence-electron chi connectivity index (χ0n) is 25.0. The van der Waals surface area contributed by atoms with Gasteiger partial charge in [0.25, 0.3) is 0 Å². The van der Waals surface area contributed by atoms with Crippen molar-refractivity contribution < 1.29 is 14.4 Å². The molecule has 1 fully saturated rings. The highest BCUT2D eigenvalue weighted by Gasteiger charge is 2.28. The molecular weight excluding hydrogens is 566 g/mol. The normalized spacial score (nSPS) is 17.0. The molecule has 1 saturated carbocycles. The van der Waals surface area contributed by atoms with Gasteiger partial charge in [-0.1, -0.05) is 66.4 Å². The number of aryl methyl sites for hydroxylation is 1. The first-order valence-electron chi connectivity index (χ1n) is 15.1. The summed E-state index contributed by atoms with van der Waals surface area (Å²) in [5.41, 5.74) is 5.02. The summed E-state index contributed by atoms with van der Waals surface area (Å²) in [6.45, 7) is 2.01. The number of nitrogens with zero attached hydrogens (tertiary/aromatic N) is 5. The Kier molecular flexibility index (Phi) is 8.87. The first-order chi connectivity index (χ1) is 21.9. The first-order valence-corrected chi connectivity index (χ1v) is 15.1. The maximum absolute atomic E-state index is 13.5. The van der Waals surface area contributed by atoms with E-state index in [1.807, 2.05) is 72.8 Å². The first kappa shape index (κ1) is 29.6. The number of para-hydroxylation sites is 1. The van der Waals surface area contributed by atoms with E-state index in [0.29, 0.717) is 43.9 Å². The van der Waals surface area contributed by atoms with Crippen molar-refractivity contribution in [3.63, 3.8) is 0 Å². The molecule has 2 aliphatic rings. The number of benzene rings is 3. The van der Waals surface area contributed by atoms with Gasteiger partial charge in [-0.3, -0.25) is 14.4 Å². The summed E-state index contributed by atoms with van der Waals surface area (Å²) in [6, 6.07) is 22.8. The number of amides is 3. The standard InChI is InChI=1S/C35H33N7O3/c1-23-38-40-34(41-39-23)27-12-10-24(11-13-27)20-32(43)37-30-18-16-28(17-19-30)35(45)36-21-33(44)42-22-29-8-3-2-6-25(29)14-15-26-7-4-5-9-31(26)42/h2-13,28,30H,16-22H2,1H3,(H,36,45)(H,37,43). The molecule has 0 unspecified atom stereocenters. The van der Waals surface area contributed by atoms with Crippen molar-refractivity contribution in [1.29, 1.82) is 0 Å². The van der Waals surface area contributed by atoms with Crippen molar-refractivity contribution in [2.75, 3.05) is 11.4 Å². The quantitative estimate of drug-likeness (QED) is 0.311. The van der Waals surface area contributed by atoms with Crippen LogP contribution in [0.5, 0.6) is 0 Å². The third kappa shape index (κ3) is 7.21. The van der Waals surface area contributed by atoms with E-state index in [1.54, 1.807) is 11.8 Å². The number of carbonyl (C=O) groups excluding carboxylic acids is 3. The lowest BCUT2D eigenvalue weighted by molar-refractivity contribution is -0.128. The molecule has 0 atom stereocenters. The van der Waals surface area contributed by atoms with E-state index in [1.165, 1.54) is 0 Å². The monoisotopic (exact) mass is 599 g/mol. The lowest BCUT2D eigenvalue weighted by Crippen LogP contribution is -2.44. The molecule has 226 valence electrons. The van der Waals surface area contributed by atoms with E-state index in [4.69, 9.17) is 0 Å². The minimum atomic E-state index is -0.197. The fraction of sp³-hybridized carbons (Fsp3) is 0.286. The summed E-state index contributed by atoms with van der Waals surface area (Å²) >= 11 is 0. The van der Waals surface area contributed by atoms with Crippen LogP contribution in [0.4, 0.5) is 5.69 Å². The third-order valence-electron chi connectivity index (χ3n) is 8.21. The summed E-state index contributed by atoms with van der Waals surface area (Å²) < 4.78 is 0. The molecule has 2 N–H and O–H groups in total. The Hall–Kier alpha value is -5.43. The van der Waals surface area contributed by atoms with Crippen LogP contribution in [-0.2, 0) is 27.3 Å². The maximum Gasteiger partial charge on any atom is 0.246 e. The molecule has 10 nitrogen and oxygen atoms in total. The van der Waals surface area contributed by atoms with Crippen molar-refractivity contribution in [1.82, 2.24) is 31.0 Å². The van der Waals surface area contributed by atoms with E-state index in [0.717, 1.165) is 33.5 Å². The van der Waals surface area contributed by atoms with Gasteiger partial charge in [-0.05, 0) is 61.9 Å². The Labute approximate surface area is 261 Å². The highest BCUT2D eigenvalue weighted by atomic mass is 16.2. The Morgan fingerprint density at radius 2 is 1.49 bits per heavy atom. The van der Waals surface area contributed by atoms with Crippen LogP contribution in [0.3, 0.4) is 0 Å². The van der Waals surface area contributed by atoms with Gasteiger partial charge in [-0.25, -0.2) is 0 Å². The molecule has 4 aromatic rings. The Bertz CT molecular complexity index is 1770. The van der Waals surface area contributed by atoms with Gasteiger partial charge in [0.05, 0.1) is 25.2 Å². The van der Waals surface area contributed by atoms with Gasteiger partial charge in [0, 0.05) is 28.7 Å². The van der Waals surface area contributed by atoms with Crippen LogP contribution in [-0.4, -0.2) is 50.7 Å². The van der Waals surface area contributed by atoms with Crippen molar-refractivity contribution in [3.05, 3.63) is 101 Å². The highest BCUT2D eigenvalue weighted by molar-refractivity contribution is 5.98. The molecule has 3 amide bonds. The van der Waals surface area contributed by atoms with Crippen LogP contribution in [0.15, 0.2) is 72.8 Å². The second-order valence-corrected chi connectivity index (χ2v) is 11.4. The summed E-state index contributed by atoms with van der Waals surface area (Å²) in [5.74, 6) is 6.78. The largest absolute Gasteiger partial charge is 0.353 e. The van der Waals surface area contributed by atoms with Gasteiger partial charge in [-0.15, -0.1) is 20.4 Å². The second-order valence-electron chi connectivity index (χ2n) is 11.4. The van der Waals surface area contributed by atoms with E-state index < -0.39 is 0 Å². The molecule has 0 spiro atoms. The number of fused-ring (bicyclic) bond motifs is 2. The molecule has 0 bridgehead atoms. The van der Waals surface area contributed by atoms with Gasteiger partial charge in [-0.2, -0.15) is 0 Å². The summed E-state index contributed by atoms with van der Waals surface area (Å²) in [7, 11) is 0. The zero-order valence-corrected chi connectivity index (χ0v) is 25.0. The van der Waals surface area contributed by atoms with Gasteiger partial charge in [0.1, 0.15) is 0 Å². The summed E-state index contributed by atoms with van der Waals surface area (Å²) in [6.07, 6.45) is 2.96. The molecule has 0 saturated heterocycles. The van der Waals surface area contributed by atoms with Crippen LogP contribution in [0, 0.1) is 24.7 Å². The maximum atomic E-state index is 13.5. The number of hydrogen-bond donors (Lipinski definition) is 2. The van der Waals surface area contributed by atoms with E-state index in [-0.39, 0.29) is 42.6 Å². The predicted octanol–water partition coefficient (Wildman–Crippen LogP) is 3.52. The molecule has 1 aliphatic carbocycles. The third-order valence-corrected chi connectivity index (χ3v) is 8.21. The molecule has 10 heteroatoms. The lowest BCUT2D eigenvalue weighted by atomic mass is 9.85. The minimum absolute atomic E-state index is 0.0132. The molecule has 3 aromatic carbocycles. The van der Waals surface area contributed by atoms with Gasteiger partial charge < -0.3 is 15.5 Å². The average Bonchev–Trinajstić information content (AvgIpc) is 3.05. The van der Waals surface area contributed by atoms with Crippen LogP contribution < -0.4 is 15.5 Å². The summed E-state index contributed by atoms with van der Waals surface area (Å²) in [5, 5.41) is 21.9. The van der Waals surface area contributed by atoms with E-state index in [9.17, 15) is 14.4 Å². The molecule has 0 radical (unpaired) electrons. The van der Waals surface area contributed by atoms with Gasteiger partial charge in [0.15, 0.2) is 5.82 Å². The van der Waals surface area contributed by atoms with Gasteiger partial charge in [0.2, 0.25) is 23.5 Å². The number of aromatic nitrogens is 4. The SMILES string of the molecule is Cc1nnc(-c2ccc(CC(=O)NC3CCC(C(=O)NCC(=O)N4Cc5ccccc5C#Cc5ccccc54)CC3)cc2)nn1. The van der Waals surface area contributed by atoms with Crippen LogP contribution in [0.25, 0.3) is 11.4 Å². The van der Waals surface area contributed by atoms with E-state index in [2.05, 4.69) is 42.9 Å². The zero-order chi connectivity index (χ0) is 31.2. The number of anilines is 1.